The Labute approximate surface area is 91.8 Å². The van der Waals surface area contributed by atoms with Crippen molar-refractivity contribution in [3.63, 3.8) is 0 Å². The minimum absolute atomic E-state index is 0.0946. The fraction of sp³-hybridized carbons (Fsp3) is 0.600. The monoisotopic (exact) mass is 263 g/mol. The Morgan fingerprint density at radius 3 is 2.36 bits per heavy atom. The van der Waals surface area contributed by atoms with Crippen LogP contribution >= 0.6 is 15.9 Å². The molecule has 1 aromatic heterocycles. The molecule has 0 saturated heterocycles. The van der Waals surface area contributed by atoms with Crippen molar-refractivity contribution >= 4 is 15.9 Å². The predicted octanol–water partition coefficient (Wildman–Crippen LogP) is 3.21. The van der Waals surface area contributed by atoms with Crippen molar-refractivity contribution in [2.75, 3.05) is 6.54 Å². The number of hydrogen-bond donors (Lipinski definition) is 1. The second-order valence-corrected chi connectivity index (χ2v) is 5.21. The summed E-state index contributed by atoms with van der Waals surface area (Å²) in [6, 6.07) is 1.67. The topological polar surface area (TPSA) is 39.2 Å². The van der Waals surface area contributed by atoms with Crippen LogP contribution in [0.25, 0.3) is 0 Å². The highest BCUT2D eigenvalue weighted by Gasteiger charge is 2.46. The van der Waals surface area contributed by atoms with Crippen LogP contribution < -0.4 is 5.73 Å². The largest absolute Gasteiger partial charge is 0.465 e. The summed E-state index contributed by atoms with van der Waals surface area (Å²) in [6.07, 6.45) is 1.45. The second kappa shape index (κ2) is 3.66. The van der Waals surface area contributed by atoms with Gasteiger partial charge in [0.2, 0.25) is 0 Å². The summed E-state index contributed by atoms with van der Waals surface area (Å²) >= 11 is 3.25. The molecule has 1 aromatic rings. The van der Waals surface area contributed by atoms with E-state index in [1.54, 1.807) is 26.8 Å². The molecule has 80 valence electrons. The van der Waals surface area contributed by atoms with Crippen molar-refractivity contribution in [3.05, 3.63) is 22.6 Å². The lowest BCUT2D eigenvalue weighted by molar-refractivity contribution is 0.0120. The minimum atomic E-state index is -1.64. The van der Waals surface area contributed by atoms with Gasteiger partial charge in [-0.15, -0.1) is 0 Å². The average Bonchev–Trinajstić information content (AvgIpc) is 2.48. The molecule has 2 N–H and O–H groups in total. The molecular formula is C10H15BrFNO. The van der Waals surface area contributed by atoms with Crippen molar-refractivity contribution in [1.29, 1.82) is 0 Å². The maximum absolute atomic E-state index is 14.6. The zero-order valence-electron chi connectivity index (χ0n) is 8.60. The lowest BCUT2D eigenvalue weighted by Gasteiger charge is -2.35. The normalized spacial score (nSPS) is 16.7. The predicted molar refractivity (Wildman–Crippen MR) is 57.7 cm³/mol. The Hall–Kier alpha value is -0.350. The Morgan fingerprint density at radius 1 is 1.50 bits per heavy atom. The van der Waals surface area contributed by atoms with Gasteiger partial charge in [-0.25, -0.2) is 4.39 Å². The second-order valence-electron chi connectivity index (χ2n) is 4.35. The number of halogens is 2. The maximum atomic E-state index is 14.6. The van der Waals surface area contributed by atoms with Crippen molar-refractivity contribution in [2.45, 2.75) is 26.4 Å². The first-order valence-corrected chi connectivity index (χ1v) is 5.24. The molecule has 0 aromatic carbocycles. The Morgan fingerprint density at radius 2 is 2.07 bits per heavy atom. The van der Waals surface area contributed by atoms with Gasteiger partial charge in [-0.2, -0.15) is 0 Å². The first-order valence-electron chi connectivity index (χ1n) is 4.45. The highest BCUT2D eigenvalue weighted by molar-refractivity contribution is 9.10. The molecule has 0 radical (unpaired) electrons. The van der Waals surface area contributed by atoms with Crippen LogP contribution in [0.2, 0.25) is 0 Å². The molecule has 14 heavy (non-hydrogen) atoms. The molecule has 0 aliphatic carbocycles. The van der Waals surface area contributed by atoms with Crippen LogP contribution in [0.3, 0.4) is 0 Å². The summed E-state index contributed by atoms with van der Waals surface area (Å²) in [7, 11) is 0. The third-order valence-corrected chi connectivity index (χ3v) is 3.07. The molecule has 0 aliphatic rings. The van der Waals surface area contributed by atoms with Gasteiger partial charge in [0, 0.05) is 12.0 Å². The average molecular weight is 264 g/mol. The van der Waals surface area contributed by atoms with Gasteiger partial charge in [0.25, 0.3) is 0 Å². The summed E-state index contributed by atoms with van der Waals surface area (Å²) in [5.41, 5.74) is 3.26. The highest BCUT2D eigenvalue weighted by atomic mass is 79.9. The van der Waals surface area contributed by atoms with Gasteiger partial charge in [-0.05, 0) is 22.0 Å². The molecule has 1 atom stereocenters. The number of furan rings is 1. The van der Waals surface area contributed by atoms with E-state index in [2.05, 4.69) is 15.9 Å². The highest BCUT2D eigenvalue weighted by Crippen LogP contribution is 2.45. The summed E-state index contributed by atoms with van der Waals surface area (Å²) < 4.78 is 20.4. The molecule has 1 unspecified atom stereocenters. The van der Waals surface area contributed by atoms with Crippen LogP contribution in [0, 0.1) is 5.41 Å². The van der Waals surface area contributed by atoms with Crippen molar-refractivity contribution < 1.29 is 8.81 Å². The van der Waals surface area contributed by atoms with E-state index in [0.717, 1.165) is 0 Å². The van der Waals surface area contributed by atoms with Gasteiger partial charge in [0.05, 0.1) is 10.7 Å². The molecule has 4 heteroatoms. The summed E-state index contributed by atoms with van der Waals surface area (Å²) in [6.45, 7) is 5.31. The van der Waals surface area contributed by atoms with E-state index in [-0.39, 0.29) is 12.3 Å². The number of hydrogen-bond acceptors (Lipinski definition) is 2. The van der Waals surface area contributed by atoms with Crippen LogP contribution in [0.5, 0.6) is 0 Å². The van der Waals surface area contributed by atoms with Gasteiger partial charge in [0.15, 0.2) is 11.4 Å². The zero-order chi connectivity index (χ0) is 11.0. The molecular weight excluding hydrogens is 249 g/mol. The van der Waals surface area contributed by atoms with Gasteiger partial charge in [0.1, 0.15) is 0 Å². The molecule has 0 fully saturated rings. The third kappa shape index (κ3) is 1.73. The van der Waals surface area contributed by atoms with E-state index in [9.17, 15) is 4.39 Å². The standard InChI is InChI=1S/C10H15BrFNO/c1-9(2,3)10(12,6-13)8-7(11)4-5-14-8/h4-5H,6,13H2,1-3H3. The maximum Gasteiger partial charge on any atom is 0.186 e. The lowest BCUT2D eigenvalue weighted by Crippen LogP contribution is -2.42. The van der Waals surface area contributed by atoms with E-state index in [1.807, 2.05) is 0 Å². The van der Waals surface area contributed by atoms with Gasteiger partial charge >= 0.3 is 0 Å². The number of alkyl halides is 1. The first kappa shape index (κ1) is 11.7. The fourth-order valence-electron chi connectivity index (χ4n) is 1.32. The lowest BCUT2D eigenvalue weighted by atomic mass is 9.76. The molecule has 1 heterocycles. The van der Waals surface area contributed by atoms with E-state index in [0.29, 0.717) is 4.47 Å². The number of nitrogens with two attached hydrogens (primary N) is 1. The quantitative estimate of drug-likeness (QED) is 0.890. The smallest absolute Gasteiger partial charge is 0.186 e. The molecule has 0 saturated carbocycles. The Kier molecular flexibility index (Phi) is 3.07. The van der Waals surface area contributed by atoms with Crippen LogP contribution in [0.1, 0.15) is 26.5 Å². The van der Waals surface area contributed by atoms with Crippen LogP contribution in [0.15, 0.2) is 21.2 Å². The minimum Gasteiger partial charge on any atom is -0.465 e. The van der Waals surface area contributed by atoms with Crippen LogP contribution in [0.4, 0.5) is 4.39 Å². The molecule has 0 aliphatic heterocycles. The van der Waals surface area contributed by atoms with Gasteiger partial charge in [-0.1, -0.05) is 20.8 Å². The summed E-state index contributed by atoms with van der Waals surface area (Å²) in [4.78, 5) is 0. The molecule has 2 nitrogen and oxygen atoms in total. The van der Waals surface area contributed by atoms with Crippen molar-refractivity contribution in [2.24, 2.45) is 11.1 Å². The van der Waals surface area contributed by atoms with Crippen LogP contribution in [-0.2, 0) is 5.67 Å². The fourth-order valence-corrected chi connectivity index (χ4v) is 1.83. The van der Waals surface area contributed by atoms with Gasteiger partial charge < -0.3 is 10.2 Å². The van der Waals surface area contributed by atoms with Crippen molar-refractivity contribution in [1.82, 2.24) is 0 Å². The number of rotatable bonds is 2. The summed E-state index contributed by atoms with van der Waals surface area (Å²) in [5, 5.41) is 0. The van der Waals surface area contributed by atoms with E-state index >= 15 is 0 Å². The first-order chi connectivity index (χ1) is 6.33. The molecule has 0 amide bonds. The SMILES string of the molecule is CC(C)(C)C(F)(CN)c1occc1Br. The molecule has 1 rings (SSSR count). The van der Waals surface area contributed by atoms with E-state index in [4.69, 9.17) is 10.2 Å². The third-order valence-electron chi connectivity index (χ3n) is 2.45. The van der Waals surface area contributed by atoms with E-state index < -0.39 is 11.1 Å². The summed E-state index contributed by atoms with van der Waals surface area (Å²) in [5.74, 6) is 0.271. The van der Waals surface area contributed by atoms with Crippen molar-refractivity contribution in [3.8, 4) is 0 Å². The molecule has 0 bridgehead atoms. The van der Waals surface area contributed by atoms with E-state index in [1.165, 1.54) is 6.26 Å². The zero-order valence-corrected chi connectivity index (χ0v) is 10.2. The van der Waals surface area contributed by atoms with Gasteiger partial charge in [-0.3, -0.25) is 0 Å². The Bertz CT molecular complexity index is 318. The molecule has 0 spiro atoms. The Balaban J connectivity index is 3.22. The van der Waals surface area contributed by atoms with Crippen LogP contribution in [-0.4, -0.2) is 6.54 Å².